The van der Waals surface area contributed by atoms with E-state index in [1.165, 1.54) is 17.4 Å². The van der Waals surface area contributed by atoms with Crippen molar-refractivity contribution in [3.8, 4) is 0 Å². The van der Waals surface area contributed by atoms with E-state index < -0.39 is 0 Å². The van der Waals surface area contributed by atoms with Crippen molar-refractivity contribution in [2.24, 2.45) is 0 Å². The van der Waals surface area contributed by atoms with Gasteiger partial charge >= 0.3 is 0 Å². The molecular weight excluding hydrogens is 329 g/mol. The van der Waals surface area contributed by atoms with E-state index in [2.05, 4.69) is 29.4 Å². The Morgan fingerprint density at radius 2 is 2.00 bits per heavy atom. The summed E-state index contributed by atoms with van der Waals surface area (Å²) in [5.74, 6) is 0.0659. The third-order valence-electron chi connectivity index (χ3n) is 3.17. The Bertz CT molecular complexity index is 641. The van der Waals surface area contributed by atoms with Crippen LogP contribution >= 0.6 is 34.5 Å². The van der Waals surface area contributed by atoms with Gasteiger partial charge in [-0.1, -0.05) is 48.4 Å². The molecule has 0 aliphatic rings. The predicted molar refractivity (Wildman–Crippen MR) is 87.6 cm³/mol. The Kier molecular flexibility index (Phi) is 5.56. The number of benzene rings is 1. The van der Waals surface area contributed by atoms with Crippen LogP contribution in [0, 0.1) is 0 Å². The number of carbonyl (C=O) groups is 1. The summed E-state index contributed by atoms with van der Waals surface area (Å²) in [6, 6.07) is 4.74. The van der Waals surface area contributed by atoms with E-state index in [0.717, 1.165) is 17.8 Å². The van der Waals surface area contributed by atoms with Gasteiger partial charge in [0.15, 0.2) is 0 Å². The Morgan fingerprint density at radius 1 is 1.29 bits per heavy atom. The SMILES string of the molecule is CCC(CC)c1nnc(NC(=O)c2ccc(Cl)cc2Cl)s1. The van der Waals surface area contributed by atoms with Crippen LogP contribution in [0.1, 0.15) is 48.0 Å². The first-order valence-corrected chi connectivity index (χ1v) is 8.22. The summed E-state index contributed by atoms with van der Waals surface area (Å²) in [7, 11) is 0. The summed E-state index contributed by atoms with van der Waals surface area (Å²) in [6.45, 7) is 4.22. The van der Waals surface area contributed by atoms with Crippen molar-refractivity contribution >= 4 is 45.6 Å². The molecule has 0 saturated heterocycles. The fourth-order valence-corrected chi connectivity index (χ4v) is 3.43. The minimum absolute atomic E-state index is 0.310. The van der Waals surface area contributed by atoms with Crippen LogP contribution in [0.2, 0.25) is 10.0 Å². The number of nitrogens with zero attached hydrogens (tertiary/aromatic N) is 2. The van der Waals surface area contributed by atoms with Gasteiger partial charge in [0.05, 0.1) is 10.6 Å². The fraction of sp³-hybridized carbons (Fsp3) is 0.357. The normalized spacial score (nSPS) is 10.9. The molecule has 112 valence electrons. The standard InChI is InChI=1S/C14H15Cl2N3OS/c1-3-8(4-2)13-18-19-14(21-13)17-12(20)10-6-5-9(15)7-11(10)16/h5-8H,3-4H2,1-2H3,(H,17,19,20). The number of carbonyl (C=O) groups excluding carboxylic acids is 1. The van der Waals surface area contributed by atoms with Crippen LogP contribution in [0.25, 0.3) is 0 Å². The molecule has 0 bridgehead atoms. The number of nitrogens with one attached hydrogen (secondary N) is 1. The zero-order valence-electron chi connectivity index (χ0n) is 11.7. The quantitative estimate of drug-likeness (QED) is 0.830. The van der Waals surface area contributed by atoms with E-state index in [1.54, 1.807) is 12.1 Å². The molecule has 0 saturated carbocycles. The van der Waals surface area contributed by atoms with Crippen LogP contribution in [0.15, 0.2) is 18.2 Å². The van der Waals surface area contributed by atoms with Gasteiger partial charge in [0.2, 0.25) is 5.13 Å². The zero-order chi connectivity index (χ0) is 15.4. The molecule has 2 aromatic rings. The van der Waals surface area contributed by atoms with Crippen molar-refractivity contribution in [3.05, 3.63) is 38.8 Å². The molecule has 21 heavy (non-hydrogen) atoms. The van der Waals surface area contributed by atoms with Crippen molar-refractivity contribution in [3.63, 3.8) is 0 Å². The number of rotatable bonds is 5. The molecule has 1 aromatic carbocycles. The van der Waals surface area contributed by atoms with Crippen molar-refractivity contribution < 1.29 is 4.79 Å². The molecule has 0 aliphatic heterocycles. The van der Waals surface area contributed by atoms with Gasteiger partial charge in [-0.3, -0.25) is 10.1 Å². The molecule has 4 nitrogen and oxygen atoms in total. The van der Waals surface area contributed by atoms with Crippen molar-refractivity contribution in [2.45, 2.75) is 32.6 Å². The number of amides is 1. The van der Waals surface area contributed by atoms with Gasteiger partial charge in [-0.25, -0.2) is 0 Å². The highest BCUT2D eigenvalue weighted by Crippen LogP contribution is 2.29. The van der Waals surface area contributed by atoms with Gasteiger partial charge in [-0.05, 0) is 31.0 Å². The molecule has 0 unspecified atom stereocenters. The number of anilines is 1. The molecule has 0 radical (unpaired) electrons. The first-order chi connectivity index (χ1) is 10.0. The average Bonchev–Trinajstić information content (AvgIpc) is 2.88. The Hall–Kier alpha value is -1.17. The van der Waals surface area contributed by atoms with Gasteiger partial charge in [0.1, 0.15) is 5.01 Å². The van der Waals surface area contributed by atoms with Gasteiger partial charge in [-0.15, -0.1) is 10.2 Å². The topological polar surface area (TPSA) is 54.9 Å². The van der Waals surface area contributed by atoms with Gasteiger partial charge < -0.3 is 0 Å². The third-order valence-corrected chi connectivity index (χ3v) is 4.72. The van der Waals surface area contributed by atoms with Crippen LogP contribution < -0.4 is 5.32 Å². The molecule has 2 rings (SSSR count). The maximum atomic E-state index is 12.2. The summed E-state index contributed by atoms with van der Waals surface area (Å²) in [5, 5.41) is 13.1. The lowest BCUT2D eigenvalue weighted by molar-refractivity contribution is 0.102. The van der Waals surface area contributed by atoms with Gasteiger partial charge in [-0.2, -0.15) is 0 Å². The second-order valence-corrected chi connectivity index (χ2v) is 6.39. The summed E-state index contributed by atoms with van der Waals surface area (Å²) in [6.07, 6.45) is 2.00. The molecule has 1 heterocycles. The zero-order valence-corrected chi connectivity index (χ0v) is 14.0. The minimum Gasteiger partial charge on any atom is -0.296 e. The van der Waals surface area contributed by atoms with Crippen LogP contribution in [0.3, 0.4) is 0 Å². The number of hydrogen-bond acceptors (Lipinski definition) is 4. The van der Waals surface area contributed by atoms with Gasteiger partial charge in [0.25, 0.3) is 5.91 Å². The highest BCUT2D eigenvalue weighted by Gasteiger charge is 2.16. The summed E-state index contributed by atoms with van der Waals surface area (Å²) < 4.78 is 0. The van der Waals surface area contributed by atoms with Crippen LogP contribution in [0.5, 0.6) is 0 Å². The molecule has 0 atom stereocenters. The maximum Gasteiger partial charge on any atom is 0.259 e. The summed E-state index contributed by atoms with van der Waals surface area (Å²) in [4.78, 5) is 12.2. The molecular formula is C14H15Cl2N3OS. The summed E-state index contributed by atoms with van der Waals surface area (Å²) in [5.41, 5.74) is 0.361. The van der Waals surface area contributed by atoms with E-state index in [-0.39, 0.29) is 5.91 Å². The van der Waals surface area contributed by atoms with E-state index in [4.69, 9.17) is 23.2 Å². The minimum atomic E-state index is -0.316. The van der Waals surface area contributed by atoms with Crippen molar-refractivity contribution in [2.75, 3.05) is 5.32 Å². The van der Waals surface area contributed by atoms with Crippen LogP contribution in [0.4, 0.5) is 5.13 Å². The Morgan fingerprint density at radius 3 is 2.62 bits per heavy atom. The number of halogens is 2. The Labute approximate surface area is 137 Å². The second-order valence-electron chi connectivity index (χ2n) is 4.54. The molecule has 0 spiro atoms. The molecule has 0 fully saturated rings. The van der Waals surface area contributed by atoms with E-state index >= 15 is 0 Å². The first kappa shape index (κ1) is 16.2. The van der Waals surface area contributed by atoms with Crippen molar-refractivity contribution in [1.82, 2.24) is 10.2 Å². The predicted octanol–water partition coefficient (Wildman–Crippen LogP) is 5.00. The monoisotopic (exact) mass is 343 g/mol. The largest absolute Gasteiger partial charge is 0.296 e. The van der Waals surface area contributed by atoms with Crippen LogP contribution in [-0.2, 0) is 0 Å². The average molecular weight is 344 g/mol. The van der Waals surface area contributed by atoms with Crippen LogP contribution in [-0.4, -0.2) is 16.1 Å². The highest BCUT2D eigenvalue weighted by molar-refractivity contribution is 7.15. The lowest BCUT2D eigenvalue weighted by Crippen LogP contribution is -2.12. The summed E-state index contributed by atoms with van der Waals surface area (Å²) >= 11 is 13.2. The smallest absolute Gasteiger partial charge is 0.259 e. The second kappa shape index (κ2) is 7.20. The van der Waals surface area contributed by atoms with E-state index in [0.29, 0.717) is 26.7 Å². The Balaban J connectivity index is 2.13. The molecule has 1 aromatic heterocycles. The molecule has 1 amide bonds. The maximum absolute atomic E-state index is 12.2. The number of hydrogen-bond donors (Lipinski definition) is 1. The van der Waals surface area contributed by atoms with Gasteiger partial charge in [0, 0.05) is 10.9 Å². The fourth-order valence-electron chi connectivity index (χ4n) is 1.93. The lowest BCUT2D eigenvalue weighted by Gasteiger charge is -2.06. The highest BCUT2D eigenvalue weighted by atomic mass is 35.5. The number of aromatic nitrogens is 2. The molecule has 1 N–H and O–H groups in total. The van der Waals surface area contributed by atoms with Crippen molar-refractivity contribution in [1.29, 1.82) is 0 Å². The van der Waals surface area contributed by atoms with E-state index in [9.17, 15) is 4.79 Å². The third kappa shape index (κ3) is 3.93. The molecule has 0 aliphatic carbocycles. The van der Waals surface area contributed by atoms with E-state index in [1.807, 2.05) is 0 Å². The molecule has 7 heteroatoms. The lowest BCUT2D eigenvalue weighted by atomic mass is 10.1. The first-order valence-electron chi connectivity index (χ1n) is 6.64.